The smallest absolute Gasteiger partial charge is 0.274 e. The predicted molar refractivity (Wildman–Crippen MR) is 62.1 cm³/mol. The van der Waals surface area contributed by atoms with E-state index in [1.165, 1.54) is 12.2 Å². The van der Waals surface area contributed by atoms with Crippen molar-refractivity contribution in [2.75, 3.05) is 20.4 Å². The van der Waals surface area contributed by atoms with Gasteiger partial charge in [0.2, 0.25) is 0 Å². The van der Waals surface area contributed by atoms with Crippen LogP contribution in [-0.4, -0.2) is 31.4 Å². The first-order valence-electron chi connectivity index (χ1n) is 4.57. The third-order valence-electron chi connectivity index (χ3n) is 2.22. The Bertz CT molecular complexity index is 366. The maximum absolute atomic E-state index is 11.8. The van der Waals surface area contributed by atoms with Gasteiger partial charge in [0.1, 0.15) is 0 Å². The van der Waals surface area contributed by atoms with Crippen LogP contribution in [0.4, 0.5) is 0 Å². The maximum Gasteiger partial charge on any atom is 0.277 e. The van der Waals surface area contributed by atoms with Gasteiger partial charge >= 0.3 is 0 Å². The normalized spacial score (nSPS) is 10.1. The van der Waals surface area contributed by atoms with Crippen LogP contribution in [0.2, 0.25) is 0 Å². The van der Waals surface area contributed by atoms with Gasteiger partial charge in [-0.05, 0) is 36.9 Å². The zero-order valence-electron chi connectivity index (χ0n) is 9.40. The largest absolute Gasteiger partial charge is 0.277 e. The van der Waals surface area contributed by atoms with Gasteiger partial charge in [0, 0.05) is 17.5 Å². The summed E-state index contributed by atoms with van der Waals surface area (Å²) in [5.41, 5.74) is 1.65. The molecule has 0 atom stereocenters. The molecule has 0 aliphatic heterocycles. The molecule has 0 spiro atoms. The number of rotatable bonds is 3. The van der Waals surface area contributed by atoms with Gasteiger partial charge in [0.15, 0.2) is 0 Å². The molecular formula is C11H15NO2S. The molecule has 0 aliphatic rings. The Labute approximate surface area is 94.4 Å². The van der Waals surface area contributed by atoms with Gasteiger partial charge in [-0.15, -0.1) is 11.8 Å². The first kappa shape index (κ1) is 12.1. The lowest BCUT2D eigenvalue weighted by Crippen LogP contribution is -2.26. The van der Waals surface area contributed by atoms with Crippen molar-refractivity contribution in [3.05, 3.63) is 29.3 Å². The molecule has 0 N–H and O–H groups in total. The third kappa shape index (κ3) is 2.73. The molecular weight excluding hydrogens is 210 g/mol. The Morgan fingerprint density at radius 3 is 2.60 bits per heavy atom. The minimum atomic E-state index is -0.123. The number of carbonyl (C=O) groups is 1. The van der Waals surface area contributed by atoms with Crippen molar-refractivity contribution in [1.29, 1.82) is 0 Å². The van der Waals surface area contributed by atoms with Crippen molar-refractivity contribution < 1.29 is 9.63 Å². The summed E-state index contributed by atoms with van der Waals surface area (Å²) in [6, 6.07) is 5.77. The van der Waals surface area contributed by atoms with E-state index in [9.17, 15) is 4.79 Å². The molecule has 1 rings (SSSR count). The Kier molecular flexibility index (Phi) is 4.17. The summed E-state index contributed by atoms with van der Waals surface area (Å²) in [5, 5.41) is 1.22. The molecule has 0 heterocycles. The number of aryl methyl sites for hydroxylation is 1. The lowest BCUT2D eigenvalue weighted by Gasteiger charge is -2.15. The molecule has 1 aromatic carbocycles. The first-order chi connectivity index (χ1) is 7.10. The van der Waals surface area contributed by atoms with Gasteiger partial charge in [-0.3, -0.25) is 9.63 Å². The molecule has 0 fully saturated rings. The molecule has 1 amide bonds. The molecule has 0 unspecified atom stereocenters. The average Bonchev–Trinajstić information content (AvgIpc) is 2.26. The molecule has 1 aromatic rings. The number of amides is 1. The summed E-state index contributed by atoms with van der Waals surface area (Å²) in [7, 11) is 3.08. The van der Waals surface area contributed by atoms with Crippen LogP contribution in [0.15, 0.2) is 23.1 Å². The number of hydrogen-bond donors (Lipinski definition) is 0. The third-order valence-corrected chi connectivity index (χ3v) is 2.95. The molecule has 0 aromatic heterocycles. The van der Waals surface area contributed by atoms with E-state index in [-0.39, 0.29) is 5.91 Å². The van der Waals surface area contributed by atoms with Crippen LogP contribution < -0.4 is 0 Å². The van der Waals surface area contributed by atoms with Gasteiger partial charge in [-0.1, -0.05) is 0 Å². The minimum Gasteiger partial charge on any atom is -0.274 e. The van der Waals surface area contributed by atoms with Gasteiger partial charge < -0.3 is 0 Å². The number of hydroxylamine groups is 2. The zero-order valence-corrected chi connectivity index (χ0v) is 10.2. The summed E-state index contributed by atoms with van der Waals surface area (Å²) in [6.07, 6.45) is 2.01. The highest BCUT2D eigenvalue weighted by Crippen LogP contribution is 2.19. The Morgan fingerprint density at radius 2 is 2.13 bits per heavy atom. The summed E-state index contributed by atoms with van der Waals surface area (Å²) in [4.78, 5) is 17.8. The average molecular weight is 225 g/mol. The SMILES string of the molecule is CON(C)C(=O)c1ccc(SC)cc1C. The standard InChI is InChI=1S/C11H15NO2S/c1-8-7-9(15-4)5-6-10(8)11(13)12(2)14-3/h5-7H,1-4H3. The second-order valence-corrected chi connectivity index (χ2v) is 4.05. The summed E-state index contributed by atoms with van der Waals surface area (Å²) in [5.74, 6) is -0.123. The quantitative estimate of drug-likeness (QED) is 0.584. The molecule has 0 aliphatic carbocycles. The van der Waals surface area contributed by atoms with Crippen LogP contribution in [0.1, 0.15) is 15.9 Å². The van der Waals surface area contributed by atoms with Crippen molar-refractivity contribution >= 4 is 17.7 Å². The maximum atomic E-state index is 11.8. The van der Waals surface area contributed by atoms with Gasteiger partial charge in [0.05, 0.1) is 7.11 Å². The van der Waals surface area contributed by atoms with Gasteiger partial charge in [-0.25, -0.2) is 5.06 Å². The Balaban J connectivity index is 3.00. The van der Waals surface area contributed by atoms with Crippen LogP contribution in [0.25, 0.3) is 0 Å². The predicted octanol–water partition coefficient (Wildman–Crippen LogP) is 2.35. The highest BCUT2D eigenvalue weighted by atomic mass is 32.2. The van der Waals surface area contributed by atoms with Crippen molar-refractivity contribution in [1.82, 2.24) is 5.06 Å². The lowest BCUT2D eigenvalue weighted by molar-refractivity contribution is -0.0757. The lowest BCUT2D eigenvalue weighted by atomic mass is 10.1. The summed E-state index contributed by atoms with van der Waals surface area (Å²) < 4.78 is 0. The van der Waals surface area contributed by atoms with E-state index >= 15 is 0 Å². The van der Waals surface area contributed by atoms with Crippen molar-refractivity contribution in [3.63, 3.8) is 0 Å². The van der Waals surface area contributed by atoms with Crippen LogP contribution in [0.3, 0.4) is 0 Å². The number of thioether (sulfide) groups is 1. The molecule has 4 heteroatoms. The summed E-state index contributed by atoms with van der Waals surface area (Å²) >= 11 is 1.66. The molecule has 15 heavy (non-hydrogen) atoms. The topological polar surface area (TPSA) is 29.5 Å². The number of benzene rings is 1. The van der Waals surface area contributed by atoms with E-state index in [4.69, 9.17) is 4.84 Å². The molecule has 0 saturated heterocycles. The molecule has 0 bridgehead atoms. The zero-order chi connectivity index (χ0) is 11.4. The fourth-order valence-corrected chi connectivity index (χ4v) is 1.75. The fourth-order valence-electron chi connectivity index (χ4n) is 1.26. The van der Waals surface area contributed by atoms with Crippen LogP contribution in [-0.2, 0) is 4.84 Å². The fraction of sp³-hybridized carbons (Fsp3) is 0.364. The van der Waals surface area contributed by atoms with E-state index < -0.39 is 0 Å². The first-order valence-corrected chi connectivity index (χ1v) is 5.79. The van der Waals surface area contributed by atoms with E-state index in [0.717, 1.165) is 10.5 Å². The highest BCUT2D eigenvalue weighted by Gasteiger charge is 2.13. The van der Waals surface area contributed by atoms with E-state index in [1.54, 1.807) is 18.8 Å². The van der Waals surface area contributed by atoms with Crippen molar-refractivity contribution in [2.45, 2.75) is 11.8 Å². The number of nitrogens with zero attached hydrogens (tertiary/aromatic N) is 1. The monoisotopic (exact) mass is 225 g/mol. The van der Waals surface area contributed by atoms with E-state index in [2.05, 4.69) is 0 Å². The van der Waals surface area contributed by atoms with E-state index in [1.807, 2.05) is 31.4 Å². The molecule has 0 saturated carbocycles. The van der Waals surface area contributed by atoms with Crippen molar-refractivity contribution in [3.8, 4) is 0 Å². The number of carbonyl (C=O) groups excluding carboxylic acids is 1. The molecule has 82 valence electrons. The second-order valence-electron chi connectivity index (χ2n) is 3.17. The minimum absolute atomic E-state index is 0.123. The number of hydrogen-bond acceptors (Lipinski definition) is 3. The van der Waals surface area contributed by atoms with Crippen LogP contribution in [0.5, 0.6) is 0 Å². The van der Waals surface area contributed by atoms with Crippen molar-refractivity contribution in [2.24, 2.45) is 0 Å². The second kappa shape index (κ2) is 5.19. The van der Waals surface area contributed by atoms with Crippen LogP contribution >= 0.6 is 11.8 Å². The Morgan fingerprint density at radius 1 is 1.47 bits per heavy atom. The van der Waals surface area contributed by atoms with Gasteiger partial charge in [0.25, 0.3) is 5.91 Å². The van der Waals surface area contributed by atoms with Crippen LogP contribution in [0, 0.1) is 6.92 Å². The Hall–Kier alpha value is -1.00. The molecule has 3 nitrogen and oxygen atoms in total. The van der Waals surface area contributed by atoms with Gasteiger partial charge in [-0.2, -0.15) is 0 Å². The van der Waals surface area contributed by atoms with E-state index in [0.29, 0.717) is 5.56 Å². The highest BCUT2D eigenvalue weighted by molar-refractivity contribution is 7.98. The summed E-state index contributed by atoms with van der Waals surface area (Å²) in [6.45, 7) is 1.93. The molecule has 0 radical (unpaired) electrons.